The zero-order chi connectivity index (χ0) is 9.14. The van der Waals surface area contributed by atoms with E-state index < -0.39 is 28.3 Å². The van der Waals surface area contributed by atoms with Crippen LogP contribution < -0.4 is 3.07 Å². The number of aromatic hydroxyl groups is 1. The van der Waals surface area contributed by atoms with E-state index in [0.29, 0.717) is 3.07 Å². The van der Waals surface area contributed by atoms with Gasteiger partial charge in [0, 0.05) is 0 Å². The van der Waals surface area contributed by atoms with E-state index >= 15 is 0 Å². The van der Waals surface area contributed by atoms with Crippen LogP contribution in [0.2, 0.25) is 0 Å². The first kappa shape index (κ1) is 9.73. The van der Waals surface area contributed by atoms with Gasteiger partial charge in [-0.3, -0.25) is 0 Å². The molecule has 6 heteroatoms. The van der Waals surface area contributed by atoms with E-state index in [-0.39, 0.29) is 11.4 Å². The second-order valence-electron chi connectivity index (χ2n) is 2.17. The Morgan fingerprint density at radius 1 is 1.58 bits per heavy atom. The van der Waals surface area contributed by atoms with Gasteiger partial charge in [0.1, 0.15) is 0 Å². The van der Waals surface area contributed by atoms with Gasteiger partial charge in [0.2, 0.25) is 0 Å². The summed E-state index contributed by atoms with van der Waals surface area (Å²) in [6.45, 7) is 0. The minimum absolute atomic E-state index is 0.0409. The third-order valence-electron chi connectivity index (χ3n) is 1.46. The number of nitro benzene ring substituents is 1. The molecule has 0 aliphatic heterocycles. The predicted molar refractivity (Wildman–Crippen MR) is 40.2 cm³/mol. The summed E-state index contributed by atoms with van der Waals surface area (Å²) in [5, 5.41) is 19.6. The topological polar surface area (TPSA) is 63.4 Å². The summed E-state index contributed by atoms with van der Waals surface area (Å²) in [4.78, 5) is 9.89. The number of hydrogen-bond acceptors (Lipinski definition) is 3. The fourth-order valence-electron chi connectivity index (χ4n) is 0.871. The van der Waals surface area contributed by atoms with Crippen molar-refractivity contribution < 1.29 is 33.4 Å². The van der Waals surface area contributed by atoms with Crippen molar-refractivity contribution in [1.29, 1.82) is 0 Å². The molecule has 0 radical (unpaired) electrons. The Morgan fingerprint density at radius 2 is 2.25 bits per heavy atom. The van der Waals surface area contributed by atoms with Crippen LogP contribution in [0.5, 0.6) is 5.75 Å². The number of nitro groups is 1. The number of benzene rings is 1. The van der Waals surface area contributed by atoms with Gasteiger partial charge in [-0.15, -0.1) is 0 Å². The molecule has 1 aromatic carbocycles. The standard InChI is InChI=1S/C6H4NO3.ClH.Hg/c8-6-3-1-2-5(4-6)7(9)10;;/h1-3,8H;1H;/q;;+1/p-1. The third-order valence-corrected chi connectivity index (χ3v) is 7.66. The number of phenols is 1. The van der Waals surface area contributed by atoms with Crippen LogP contribution in [0.1, 0.15) is 0 Å². The van der Waals surface area contributed by atoms with Gasteiger partial charge < -0.3 is 0 Å². The van der Waals surface area contributed by atoms with E-state index in [1.165, 1.54) is 18.2 Å². The third kappa shape index (κ3) is 1.87. The summed E-state index contributed by atoms with van der Waals surface area (Å²) in [6.07, 6.45) is 0. The van der Waals surface area contributed by atoms with Crippen molar-refractivity contribution in [3.63, 3.8) is 0 Å². The molecule has 0 spiro atoms. The van der Waals surface area contributed by atoms with Crippen molar-refractivity contribution in [3.05, 3.63) is 28.3 Å². The number of halogens is 1. The Bertz CT molecular complexity index is 318. The molecule has 0 bridgehead atoms. The normalized spacial score (nSPS) is 9.08. The van der Waals surface area contributed by atoms with Crippen molar-refractivity contribution in [2.75, 3.05) is 0 Å². The molecule has 0 aliphatic carbocycles. The molecule has 0 heterocycles. The molecule has 0 fully saturated rings. The average molecular weight is 374 g/mol. The van der Waals surface area contributed by atoms with Gasteiger partial charge in [-0.1, -0.05) is 0 Å². The van der Waals surface area contributed by atoms with Gasteiger partial charge in [-0.2, -0.15) is 0 Å². The summed E-state index contributed by atoms with van der Waals surface area (Å²) >= 11 is -1.93. The minimum atomic E-state index is -1.93. The molecule has 0 saturated heterocycles. The molecule has 0 aromatic heterocycles. The van der Waals surface area contributed by atoms with Crippen molar-refractivity contribution in [2.24, 2.45) is 0 Å². The molecule has 0 aliphatic rings. The van der Waals surface area contributed by atoms with E-state index in [9.17, 15) is 15.2 Å². The second kappa shape index (κ2) is 4.05. The van der Waals surface area contributed by atoms with E-state index in [0.717, 1.165) is 0 Å². The van der Waals surface area contributed by atoms with Crippen LogP contribution in [0.25, 0.3) is 0 Å². The van der Waals surface area contributed by atoms with Crippen molar-refractivity contribution in [1.82, 2.24) is 0 Å². The molecular weight excluding hydrogens is 370 g/mol. The molecule has 1 rings (SSSR count). The molecule has 0 atom stereocenters. The molecule has 0 amide bonds. The summed E-state index contributed by atoms with van der Waals surface area (Å²) in [7, 11) is 5.64. The Labute approximate surface area is 84.2 Å². The SMILES string of the molecule is O=[N+]([O-])c1cccc(O)[c]1[Hg][Cl]. The molecule has 60 valence electrons. The average Bonchev–Trinajstić information content (AvgIpc) is 2.03. The summed E-state index contributed by atoms with van der Waals surface area (Å²) in [5.74, 6) is -0.0409. The van der Waals surface area contributed by atoms with Gasteiger partial charge in [0.25, 0.3) is 0 Å². The van der Waals surface area contributed by atoms with Crippen LogP contribution in [0, 0.1) is 10.1 Å². The Balaban J connectivity index is 3.27. The first-order valence-corrected chi connectivity index (χ1v) is 12.7. The molecule has 4 nitrogen and oxygen atoms in total. The van der Waals surface area contributed by atoms with Crippen LogP contribution in [-0.2, 0) is 23.3 Å². The Kier molecular flexibility index (Phi) is 3.28. The van der Waals surface area contributed by atoms with Crippen molar-refractivity contribution in [2.45, 2.75) is 0 Å². The maximum absolute atomic E-state index is 10.4. The number of nitrogens with zero attached hydrogens (tertiary/aromatic N) is 1. The summed E-state index contributed by atoms with van der Waals surface area (Å²) in [5.41, 5.74) is -0.0494. The van der Waals surface area contributed by atoms with Gasteiger partial charge in [-0.05, 0) is 0 Å². The number of phenolic OH excluding ortho intramolecular Hbond substituents is 1. The maximum atomic E-state index is 10.4. The first-order valence-electron chi connectivity index (χ1n) is 3.18. The van der Waals surface area contributed by atoms with E-state index in [1.54, 1.807) is 0 Å². The first-order chi connectivity index (χ1) is 5.66. The van der Waals surface area contributed by atoms with Gasteiger partial charge in [0.05, 0.1) is 0 Å². The molecule has 12 heavy (non-hydrogen) atoms. The molecule has 0 saturated carbocycles. The van der Waals surface area contributed by atoms with E-state index in [2.05, 4.69) is 0 Å². The fraction of sp³-hybridized carbons (Fsp3) is 0. The van der Waals surface area contributed by atoms with Crippen LogP contribution in [-0.4, -0.2) is 10.0 Å². The summed E-state index contributed by atoms with van der Waals surface area (Å²) < 4.78 is 0.379. The fourth-order valence-corrected chi connectivity index (χ4v) is 5.76. The van der Waals surface area contributed by atoms with Crippen LogP contribution in [0.15, 0.2) is 18.2 Å². The predicted octanol–water partition coefficient (Wildman–Crippen LogP) is 1.16. The van der Waals surface area contributed by atoms with E-state index in [4.69, 9.17) is 8.25 Å². The van der Waals surface area contributed by atoms with Crippen LogP contribution >= 0.6 is 8.25 Å². The molecule has 1 aromatic rings. The quantitative estimate of drug-likeness (QED) is 0.480. The van der Waals surface area contributed by atoms with Crippen LogP contribution in [0.3, 0.4) is 0 Å². The van der Waals surface area contributed by atoms with E-state index in [1.807, 2.05) is 0 Å². The second-order valence-corrected chi connectivity index (χ2v) is 8.30. The monoisotopic (exact) mass is 375 g/mol. The number of hydrogen-bond donors (Lipinski definition) is 1. The van der Waals surface area contributed by atoms with Crippen molar-refractivity contribution in [3.8, 4) is 5.75 Å². The van der Waals surface area contributed by atoms with Gasteiger partial charge >= 0.3 is 84.4 Å². The number of rotatable bonds is 2. The molecule has 0 unspecified atom stereocenters. The molecular formula is C6H4ClHgNO3. The zero-order valence-electron chi connectivity index (χ0n) is 6.03. The Morgan fingerprint density at radius 3 is 2.67 bits per heavy atom. The Hall–Kier alpha value is -0.355. The van der Waals surface area contributed by atoms with Gasteiger partial charge in [-0.25, -0.2) is 0 Å². The van der Waals surface area contributed by atoms with Gasteiger partial charge in [0.15, 0.2) is 0 Å². The summed E-state index contributed by atoms with van der Waals surface area (Å²) in [6, 6.07) is 4.22. The zero-order valence-corrected chi connectivity index (χ0v) is 12.3. The van der Waals surface area contributed by atoms with Crippen LogP contribution in [0.4, 0.5) is 5.69 Å². The van der Waals surface area contributed by atoms with Crippen molar-refractivity contribution >= 4 is 17.0 Å². The molecule has 1 N–H and O–H groups in total.